The van der Waals surface area contributed by atoms with E-state index in [1.54, 1.807) is 4.90 Å². The van der Waals surface area contributed by atoms with E-state index in [0.29, 0.717) is 6.67 Å². The van der Waals surface area contributed by atoms with Gasteiger partial charge in [0.15, 0.2) is 0 Å². The summed E-state index contributed by atoms with van der Waals surface area (Å²) in [5.41, 5.74) is 1.29. The zero-order chi connectivity index (χ0) is 10.7. The average Bonchev–Trinajstić information content (AvgIpc) is 2.59. The minimum Gasteiger partial charge on any atom is -0.332 e. The number of amides is 1. The van der Waals surface area contributed by atoms with Crippen molar-refractivity contribution >= 4 is 5.91 Å². The number of carbonyl (C=O) groups excluding carboxylic acids is 1. The van der Waals surface area contributed by atoms with E-state index in [2.05, 4.69) is 17.4 Å². The van der Waals surface area contributed by atoms with E-state index in [-0.39, 0.29) is 11.9 Å². The molecule has 3 heteroatoms. The first-order valence-corrected chi connectivity index (χ1v) is 5.29. The highest BCUT2D eigenvalue weighted by Crippen LogP contribution is 2.09. The lowest BCUT2D eigenvalue weighted by molar-refractivity contribution is -0.127. The van der Waals surface area contributed by atoms with Crippen molar-refractivity contribution in [2.45, 2.75) is 18.9 Å². The SMILES string of the molecule is CN1CNC(CCc2ccccc2)C1=O. The fourth-order valence-electron chi connectivity index (χ4n) is 1.86. The first kappa shape index (κ1) is 10.2. The molecule has 1 atom stereocenters. The lowest BCUT2D eigenvalue weighted by atomic mass is 10.1. The van der Waals surface area contributed by atoms with Crippen molar-refractivity contribution in [3.05, 3.63) is 35.9 Å². The van der Waals surface area contributed by atoms with Crippen molar-refractivity contribution in [1.82, 2.24) is 10.2 Å². The van der Waals surface area contributed by atoms with Crippen LogP contribution in [-0.2, 0) is 11.2 Å². The predicted octanol–water partition coefficient (Wildman–Crippen LogP) is 1.01. The Morgan fingerprint density at radius 2 is 2.13 bits per heavy atom. The van der Waals surface area contributed by atoms with Crippen LogP contribution < -0.4 is 5.32 Å². The summed E-state index contributed by atoms with van der Waals surface area (Å²) in [6.45, 7) is 0.679. The normalized spacial score (nSPS) is 21.0. The van der Waals surface area contributed by atoms with E-state index in [1.165, 1.54) is 5.56 Å². The molecule has 1 unspecified atom stereocenters. The summed E-state index contributed by atoms with van der Waals surface area (Å²) in [4.78, 5) is 13.3. The Bertz CT molecular complexity index is 337. The van der Waals surface area contributed by atoms with E-state index in [0.717, 1.165) is 12.8 Å². The van der Waals surface area contributed by atoms with Crippen LogP contribution in [0.15, 0.2) is 30.3 Å². The van der Waals surface area contributed by atoms with E-state index in [9.17, 15) is 4.79 Å². The fourth-order valence-corrected chi connectivity index (χ4v) is 1.86. The first-order valence-electron chi connectivity index (χ1n) is 5.29. The molecule has 0 bridgehead atoms. The molecule has 1 aliphatic rings. The molecular weight excluding hydrogens is 188 g/mol. The number of rotatable bonds is 3. The van der Waals surface area contributed by atoms with Gasteiger partial charge in [0.1, 0.15) is 0 Å². The molecular formula is C12H16N2O. The zero-order valence-electron chi connectivity index (χ0n) is 8.94. The van der Waals surface area contributed by atoms with Crippen molar-refractivity contribution in [3.63, 3.8) is 0 Å². The molecule has 0 aliphatic carbocycles. The molecule has 2 rings (SSSR count). The summed E-state index contributed by atoms with van der Waals surface area (Å²) in [6, 6.07) is 10.3. The van der Waals surface area contributed by atoms with Crippen LogP contribution in [0, 0.1) is 0 Å². The second-order valence-electron chi connectivity index (χ2n) is 3.98. The zero-order valence-corrected chi connectivity index (χ0v) is 8.94. The van der Waals surface area contributed by atoms with Gasteiger partial charge in [0.25, 0.3) is 0 Å². The number of hydrogen-bond donors (Lipinski definition) is 1. The van der Waals surface area contributed by atoms with E-state index in [4.69, 9.17) is 0 Å². The molecule has 0 spiro atoms. The molecule has 1 aromatic rings. The lowest BCUT2D eigenvalue weighted by Crippen LogP contribution is -2.29. The number of hydrogen-bond acceptors (Lipinski definition) is 2. The quantitative estimate of drug-likeness (QED) is 0.797. The number of nitrogens with zero attached hydrogens (tertiary/aromatic N) is 1. The molecule has 1 saturated heterocycles. The summed E-state index contributed by atoms with van der Waals surface area (Å²) in [6.07, 6.45) is 1.84. The van der Waals surface area contributed by atoms with Gasteiger partial charge in [-0.05, 0) is 18.4 Å². The standard InChI is InChI=1S/C12H16N2O/c1-14-9-13-11(12(14)15)8-7-10-5-3-2-4-6-10/h2-6,11,13H,7-9H2,1H3. The third kappa shape index (κ3) is 2.36. The largest absolute Gasteiger partial charge is 0.332 e. The van der Waals surface area contributed by atoms with Crippen LogP contribution in [0.3, 0.4) is 0 Å². The Morgan fingerprint density at radius 1 is 1.40 bits per heavy atom. The third-order valence-electron chi connectivity index (χ3n) is 2.81. The van der Waals surface area contributed by atoms with Crippen molar-refractivity contribution in [2.24, 2.45) is 0 Å². The Morgan fingerprint density at radius 3 is 2.73 bits per heavy atom. The lowest BCUT2D eigenvalue weighted by Gasteiger charge is -2.08. The fraction of sp³-hybridized carbons (Fsp3) is 0.417. The van der Waals surface area contributed by atoms with Crippen molar-refractivity contribution in [3.8, 4) is 0 Å². The maximum absolute atomic E-state index is 11.6. The summed E-state index contributed by atoms with van der Waals surface area (Å²) >= 11 is 0. The van der Waals surface area contributed by atoms with Gasteiger partial charge in [-0.1, -0.05) is 30.3 Å². The van der Waals surface area contributed by atoms with Gasteiger partial charge in [-0.25, -0.2) is 0 Å². The monoisotopic (exact) mass is 204 g/mol. The number of aryl methyl sites for hydroxylation is 1. The Kier molecular flexibility index (Phi) is 3.02. The molecule has 1 N–H and O–H groups in total. The van der Waals surface area contributed by atoms with Gasteiger partial charge in [0.05, 0.1) is 12.7 Å². The minimum atomic E-state index is 0.00945. The maximum atomic E-state index is 11.6. The van der Waals surface area contributed by atoms with Crippen molar-refractivity contribution in [2.75, 3.05) is 13.7 Å². The van der Waals surface area contributed by atoms with Crippen molar-refractivity contribution in [1.29, 1.82) is 0 Å². The van der Waals surface area contributed by atoms with Gasteiger partial charge in [-0.15, -0.1) is 0 Å². The smallest absolute Gasteiger partial charge is 0.240 e. The minimum absolute atomic E-state index is 0.00945. The van der Waals surface area contributed by atoms with Crippen LogP contribution in [0.1, 0.15) is 12.0 Å². The highest BCUT2D eigenvalue weighted by molar-refractivity contribution is 5.83. The Labute approximate surface area is 90.1 Å². The van der Waals surface area contributed by atoms with Crippen LogP contribution in [0.2, 0.25) is 0 Å². The van der Waals surface area contributed by atoms with Crippen LogP contribution in [0.4, 0.5) is 0 Å². The molecule has 15 heavy (non-hydrogen) atoms. The molecule has 1 heterocycles. The number of nitrogens with one attached hydrogen (secondary N) is 1. The van der Waals surface area contributed by atoms with E-state index in [1.807, 2.05) is 25.2 Å². The third-order valence-corrected chi connectivity index (χ3v) is 2.81. The summed E-state index contributed by atoms with van der Waals surface area (Å²) in [5.74, 6) is 0.214. The highest BCUT2D eigenvalue weighted by Gasteiger charge is 2.27. The second-order valence-corrected chi connectivity index (χ2v) is 3.98. The summed E-state index contributed by atoms with van der Waals surface area (Å²) in [7, 11) is 1.83. The number of benzene rings is 1. The van der Waals surface area contributed by atoms with Gasteiger partial charge >= 0.3 is 0 Å². The molecule has 1 amide bonds. The van der Waals surface area contributed by atoms with Gasteiger partial charge in [0.2, 0.25) is 5.91 Å². The second kappa shape index (κ2) is 4.45. The number of carbonyl (C=O) groups is 1. The van der Waals surface area contributed by atoms with Crippen LogP contribution in [0.25, 0.3) is 0 Å². The molecule has 0 aromatic heterocycles. The molecule has 0 saturated carbocycles. The highest BCUT2D eigenvalue weighted by atomic mass is 16.2. The molecule has 3 nitrogen and oxygen atoms in total. The molecule has 1 aromatic carbocycles. The van der Waals surface area contributed by atoms with Gasteiger partial charge in [-0.2, -0.15) is 0 Å². The summed E-state index contributed by atoms with van der Waals surface area (Å²) in [5, 5.41) is 3.20. The van der Waals surface area contributed by atoms with Crippen LogP contribution in [0.5, 0.6) is 0 Å². The van der Waals surface area contributed by atoms with Gasteiger partial charge < -0.3 is 4.90 Å². The summed E-state index contributed by atoms with van der Waals surface area (Å²) < 4.78 is 0. The van der Waals surface area contributed by atoms with E-state index < -0.39 is 0 Å². The maximum Gasteiger partial charge on any atom is 0.240 e. The van der Waals surface area contributed by atoms with Crippen molar-refractivity contribution < 1.29 is 4.79 Å². The van der Waals surface area contributed by atoms with E-state index >= 15 is 0 Å². The Balaban J connectivity index is 1.87. The number of likely N-dealkylation sites (N-methyl/N-ethyl adjacent to an activating group) is 1. The molecule has 0 radical (unpaired) electrons. The van der Waals surface area contributed by atoms with Crippen LogP contribution >= 0.6 is 0 Å². The van der Waals surface area contributed by atoms with Gasteiger partial charge in [0, 0.05) is 7.05 Å². The Hall–Kier alpha value is -1.35. The molecule has 1 fully saturated rings. The molecule has 80 valence electrons. The van der Waals surface area contributed by atoms with Crippen LogP contribution in [-0.4, -0.2) is 30.6 Å². The topological polar surface area (TPSA) is 32.3 Å². The average molecular weight is 204 g/mol. The van der Waals surface area contributed by atoms with Gasteiger partial charge in [-0.3, -0.25) is 10.1 Å². The molecule has 1 aliphatic heterocycles. The first-order chi connectivity index (χ1) is 7.27. The predicted molar refractivity (Wildman–Crippen MR) is 59.3 cm³/mol.